The average molecular weight is 264 g/mol. The summed E-state index contributed by atoms with van der Waals surface area (Å²) in [7, 11) is 0. The van der Waals surface area contributed by atoms with Crippen molar-refractivity contribution in [2.75, 3.05) is 0 Å². The van der Waals surface area contributed by atoms with Crippen LogP contribution in [0.5, 0.6) is 0 Å². The Bertz CT molecular complexity index is 278. The monoisotopic (exact) mass is 264 g/mol. The summed E-state index contributed by atoms with van der Waals surface area (Å²) in [5.74, 6) is 7.91. The van der Waals surface area contributed by atoms with Crippen molar-refractivity contribution in [2.24, 2.45) is 47.3 Å². The molecule has 0 saturated heterocycles. The summed E-state index contributed by atoms with van der Waals surface area (Å²) in [6, 6.07) is 0. The highest BCUT2D eigenvalue weighted by atomic mass is 14.5. The minimum Gasteiger partial charge on any atom is -0.0651 e. The zero-order valence-electron chi connectivity index (χ0n) is 14.2. The maximum Gasteiger partial charge on any atom is -0.0349 e. The second kappa shape index (κ2) is 6.19. The Labute approximate surface area is 121 Å². The van der Waals surface area contributed by atoms with Gasteiger partial charge in [0.2, 0.25) is 0 Å². The largest absolute Gasteiger partial charge is 0.0651 e. The smallest absolute Gasteiger partial charge is 0.0349 e. The van der Waals surface area contributed by atoms with E-state index in [-0.39, 0.29) is 0 Å². The molecule has 6 atom stereocenters. The zero-order chi connectivity index (χ0) is 14.2. The van der Waals surface area contributed by atoms with E-state index in [9.17, 15) is 0 Å². The molecule has 2 fully saturated rings. The molecule has 2 aliphatic carbocycles. The molecule has 112 valence electrons. The summed E-state index contributed by atoms with van der Waals surface area (Å²) in [5.41, 5.74) is 0. The fraction of sp³-hybridized carbons (Fsp3) is 1.00. The lowest BCUT2D eigenvalue weighted by molar-refractivity contribution is 0.0433. The molecule has 2 rings (SSSR count). The van der Waals surface area contributed by atoms with Gasteiger partial charge < -0.3 is 0 Å². The molecule has 2 aliphatic rings. The summed E-state index contributed by atoms with van der Waals surface area (Å²) in [4.78, 5) is 0. The average Bonchev–Trinajstić information content (AvgIpc) is 2.80. The van der Waals surface area contributed by atoms with Crippen molar-refractivity contribution >= 4 is 0 Å². The van der Waals surface area contributed by atoms with E-state index in [2.05, 4.69) is 41.5 Å². The van der Waals surface area contributed by atoms with E-state index in [1.54, 1.807) is 0 Å². The van der Waals surface area contributed by atoms with E-state index in [1.807, 2.05) is 0 Å². The van der Waals surface area contributed by atoms with Crippen molar-refractivity contribution in [3.8, 4) is 0 Å². The minimum atomic E-state index is 0.890. The molecule has 0 N–H and O–H groups in total. The van der Waals surface area contributed by atoms with Crippen molar-refractivity contribution < 1.29 is 0 Å². The summed E-state index contributed by atoms with van der Waals surface area (Å²) in [6.07, 6.45) is 7.50. The number of fused-ring (bicyclic) bond motifs is 1. The van der Waals surface area contributed by atoms with Crippen molar-refractivity contribution in [3.05, 3.63) is 0 Å². The highest BCUT2D eigenvalue weighted by Crippen LogP contribution is 2.55. The molecule has 0 nitrogen and oxygen atoms in total. The van der Waals surface area contributed by atoms with Crippen molar-refractivity contribution in [3.63, 3.8) is 0 Å². The van der Waals surface area contributed by atoms with Gasteiger partial charge >= 0.3 is 0 Å². The molecule has 0 bridgehead atoms. The van der Waals surface area contributed by atoms with Crippen LogP contribution in [0, 0.1) is 47.3 Å². The van der Waals surface area contributed by atoms with Crippen LogP contribution in [-0.2, 0) is 0 Å². The Morgan fingerprint density at radius 2 is 1.47 bits per heavy atom. The first-order valence-electron chi connectivity index (χ1n) is 8.95. The number of hydrogen-bond donors (Lipinski definition) is 0. The molecule has 0 aromatic rings. The zero-order valence-corrected chi connectivity index (χ0v) is 14.2. The summed E-state index contributed by atoms with van der Waals surface area (Å²) in [6.45, 7) is 14.8. The Hall–Kier alpha value is 0. The van der Waals surface area contributed by atoms with Gasteiger partial charge in [0.25, 0.3) is 0 Å². The predicted molar refractivity (Wildman–Crippen MR) is 85.0 cm³/mol. The topological polar surface area (TPSA) is 0 Å². The first kappa shape index (κ1) is 15.4. The standard InChI is InChI=1S/C19H36/c1-7-14(6)18-10-15(12(2)3)11-19-16(13(4)5)8-9-17(18)19/h12-19H,7-11H2,1-6H3. The third kappa shape index (κ3) is 3.03. The normalized spacial score (nSPS) is 40.7. The third-order valence-corrected chi connectivity index (χ3v) is 6.81. The maximum absolute atomic E-state index is 2.52. The summed E-state index contributed by atoms with van der Waals surface area (Å²) < 4.78 is 0. The lowest BCUT2D eigenvalue weighted by atomic mass is 9.60. The van der Waals surface area contributed by atoms with Gasteiger partial charge in [-0.15, -0.1) is 0 Å². The fourth-order valence-electron chi connectivity index (χ4n) is 5.31. The Morgan fingerprint density at radius 1 is 0.789 bits per heavy atom. The van der Waals surface area contributed by atoms with E-state index in [4.69, 9.17) is 0 Å². The molecule has 19 heavy (non-hydrogen) atoms. The molecule has 0 amide bonds. The molecule has 0 aliphatic heterocycles. The third-order valence-electron chi connectivity index (χ3n) is 6.81. The molecule has 6 unspecified atom stereocenters. The van der Waals surface area contributed by atoms with Gasteiger partial charge in [-0.1, -0.05) is 48.0 Å². The van der Waals surface area contributed by atoms with Crippen LogP contribution in [-0.4, -0.2) is 0 Å². The molecule has 0 spiro atoms. The van der Waals surface area contributed by atoms with E-state index in [0.717, 1.165) is 47.3 Å². The van der Waals surface area contributed by atoms with Gasteiger partial charge in [-0.25, -0.2) is 0 Å². The van der Waals surface area contributed by atoms with Crippen LogP contribution in [0.2, 0.25) is 0 Å². The molecule has 2 saturated carbocycles. The summed E-state index contributed by atoms with van der Waals surface area (Å²) in [5, 5.41) is 0. The fourth-order valence-corrected chi connectivity index (χ4v) is 5.31. The molecular weight excluding hydrogens is 228 g/mol. The van der Waals surface area contributed by atoms with Crippen molar-refractivity contribution in [1.82, 2.24) is 0 Å². The minimum absolute atomic E-state index is 0.890. The second-order valence-electron chi connectivity index (χ2n) is 8.34. The van der Waals surface area contributed by atoms with Crippen LogP contribution in [0.4, 0.5) is 0 Å². The molecule has 0 radical (unpaired) electrons. The van der Waals surface area contributed by atoms with Crippen LogP contribution in [0.25, 0.3) is 0 Å². The Balaban J connectivity index is 2.17. The van der Waals surface area contributed by atoms with Gasteiger partial charge in [0.05, 0.1) is 0 Å². The number of hydrogen-bond acceptors (Lipinski definition) is 0. The second-order valence-corrected chi connectivity index (χ2v) is 8.34. The van der Waals surface area contributed by atoms with E-state index < -0.39 is 0 Å². The van der Waals surface area contributed by atoms with Gasteiger partial charge in [-0.3, -0.25) is 0 Å². The van der Waals surface area contributed by atoms with Crippen LogP contribution in [0.15, 0.2) is 0 Å². The lowest BCUT2D eigenvalue weighted by Crippen LogP contribution is -2.37. The van der Waals surface area contributed by atoms with Crippen LogP contribution >= 0.6 is 0 Å². The summed E-state index contributed by atoms with van der Waals surface area (Å²) >= 11 is 0. The van der Waals surface area contributed by atoms with Crippen LogP contribution in [0.3, 0.4) is 0 Å². The van der Waals surface area contributed by atoms with Crippen molar-refractivity contribution in [2.45, 2.75) is 73.6 Å². The van der Waals surface area contributed by atoms with Gasteiger partial charge in [-0.05, 0) is 73.0 Å². The maximum atomic E-state index is 2.52. The molecule has 0 heteroatoms. The van der Waals surface area contributed by atoms with E-state index in [0.29, 0.717) is 0 Å². The van der Waals surface area contributed by atoms with Crippen molar-refractivity contribution in [1.29, 1.82) is 0 Å². The Kier molecular flexibility index (Phi) is 5.01. The van der Waals surface area contributed by atoms with Gasteiger partial charge in [0, 0.05) is 0 Å². The molecule has 0 aromatic carbocycles. The predicted octanol–water partition coefficient (Wildman–Crippen LogP) is 6.01. The molecular formula is C19H36. The first-order chi connectivity index (χ1) is 8.95. The van der Waals surface area contributed by atoms with Crippen LogP contribution in [0.1, 0.15) is 73.6 Å². The highest BCUT2D eigenvalue weighted by molar-refractivity contribution is 4.96. The molecule has 0 aromatic heterocycles. The van der Waals surface area contributed by atoms with E-state index in [1.165, 1.54) is 32.1 Å². The van der Waals surface area contributed by atoms with E-state index >= 15 is 0 Å². The lowest BCUT2D eigenvalue weighted by Gasteiger charge is -2.45. The number of rotatable bonds is 4. The van der Waals surface area contributed by atoms with Gasteiger partial charge in [0.1, 0.15) is 0 Å². The van der Waals surface area contributed by atoms with Crippen LogP contribution < -0.4 is 0 Å². The quantitative estimate of drug-likeness (QED) is 0.583. The van der Waals surface area contributed by atoms with Gasteiger partial charge in [0.15, 0.2) is 0 Å². The first-order valence-corrected chi connectivity index (χ1v) is 8.95. The highest BCUT2D eigenvalue weighted by Gasteiger charge is 2.47. The van der Waals surface area contributed by atoms with Gasteiger partial charge in [-0.2, -0.15) is 0 Å². The Morgan fingerprint density at radius 3 is 2.00 bits per heavy atom. The molecule has 0 heterocycles. The SMILES string of the molecule is CCC(C)C1CC(C(C)C)CC2C(C(C)C)CCC12.